The van der Waals surface area contributed by atoms with Crippen LogP contribution in [0.15, 0.2) is 54.6 Å². The summed E-state index contributed by atoms with van der Waals surface area (Å²) in [5, 5.41) is 14.3. The summed E-state index contributed by atoms with van der Waals surface area (Å²) in [7, 11) is 0. The molecule has 5 rings (SSSR count). The van der Waals surface area contributed by atoms with Crippen LogP contribution >= 0.6 is 0 Å². The maximum absolute atomic E-state index is 13.5. The molecule has 35 heavy (non-hydrogen) atoms. The minimum Gasteiger partial charge on any atom is -0.507 e. The summed E-state index contributed by atoms with van der Waals surface area (Å²) in [6.07, 6.45) is 7.70. The van der Waals surface area contributed by atoms with E-state index in [0.717, 1.165) is 17.0 Å². The normalized spacial score (nSPS) is 19.3. The van der Waals surface area contributed by atoms with Crippen LogP contribution in [-0.4, -0.2) is 23.2 Å². The second-order valence-electron chi connectivity index (χ2n) is 9.93. The summed E-state index contributed by atoms with van der Waals surface area (Å²) >= 11 is 0. The third-order valence-electron chi connectivity index (χ3n) is 7.77. The van der Waals surface area contributed by atoms with E-state index in [4.69, 9.17) is 0 Å². The first-order valence-electron chi connectivity index (χ1n) is 13.0. The van der Waals surface area contributed by atoms with Crippen LogP contribution in [0.25, 0.3) is 11.1 Å². The van der Waals surface area contributed by atoms with Crippen molar-refractivity contribution >= 4 is 17.3 Å². The number of hydrogen-bond donors (Lipinski definition) is 2. The third kappa shape index (κ3) is 4.16. The molecule has 0 heterocycles. The number of aromatic hydroxyl groups is 1. The zero-order valence-corrected chi connectivity index (χ0v) is 20.6. The van der Waals surface area contributed by atoms with Crippen molar-refractivity contribution in [2.75, 3.05) is 11.9 Å². The van der Waals surface area contributed by atoms with Crippen molar-refractivity contribution in [1.82, 2.24) is 0 Å². The highest BCUT2D eigenvalue weighted by Crippen LogP contribution is 2.44. The van der Waals surface area contributed by atoms with Crippen molar-refractivity contribution in [1.29, 1.82) is 0 Å². The lowest BCUT2D eigenvalue weighted by atomic mass is 9.77. The number of nitrogens with one attached hydrogen (secondary N) is 1. The molecule has 0 saturated heterocycles. The molecule has 0 bridgehead atoms. The molecule has 0 atom stereocenters. The Kier molecular flexibility index (Phi) is 6.46. The zero-order valence-electron chi connectivity index (χ0n) is 20.6. The average Bonchev–Trinajstić information content (AvgIpc) is 2.89. The highest BCUT2D eigenvalue weighted by molar-refractivity contribution is 6.31. The van der Waals surface area contributed by atoms with Gasteiger partial charge in [-0.05, 0) is 61.6 Å². The fourth-order valence-corrected chi connectivity index (χ4v) is 5.99. The Bertz CT molecular complexity index is 1270. The molecule has 1 fully saturated rings. The number of fused-ring (bicyclic) bond motifs is 2. The lowest BCUT2D eigenvalue weighted by Gasteiger charge is -2.29. The molecule has 0 radical (unpaired) electrons. The molecule has 2 N–H and O–H groups in total. The number of phenols is 1. The van der Waals surface area contributed by atoms with E-state index in [1.165, 1.54) is 44.1 Å². The molecule has 0 aromatic heterocycles. The van der Waals surface area contributed by atoms with Gasteiger partial charge in [-0.15, -0.1) is 0 Å². The quantitative estimate of drug-likeness (QED) is 0.291. The van der Waals surface area contributed by atoms with Gasteiger partial charge < -0.3 is 10.4 Å². The summed E-state index contributed by atoms with van der Waals surface area (Å²) in [5.41, 5.74) is 4.71. The first-order valence-corrected chi connectivity index (χ1v) is 13.0. The van der Waals surface area contributed by atoms with E-state index < -0.39 is 0 Å². The maximum Gasteiger partial charge on any atom is 0.198 e. The van der Waals surface area contributed by atoms with Gasteiger partial charge in [0.05, 0.1) is 16.8 Å². The molecule has 180 valence electrons. The van der Waals surface area contributed by atoms with Crippen molar-refractivity contribution in [2.45, 2.75) is 58.3 Å². The molecule has 3 aromatic rings. The van der Waals surface area contributed by atoms with Gasteiger partial charge in [0.15, 0.2) is 11.6 Å². The SMILES string of the molecule is CCC[C@H]1CC[C@H](c2ccc(-c3cc(O)c4c(c3NCC)C(=O)c3ccccc3C4=O)cc2)CC1. The monoisotopic (exact) mass is 467 g/mol. The Morgan fingerprint density at radius 3 is 2.06 bits per heavy atom. The number of hydrogen-bond acceptors (Lipinski definition) is 4. The van der Waals surface area contributed by atoms with Gasteiger partial charge in [-0.25, -0.2) is 0 Å². The Labute approximate surface area is 207 Å². The third-order valence-corrected chi connectivity index (χ3v) is 7.77. The van der Waals surface area contributed by atoms with Crippen LogP contribution < -0.4 is 5.32 Å². The summed E-state index contributed by atoms with van der Waals surface area (Å²) in [4.78, 5) is 26.7. The van der Waals surface area contributed by atoms with Crippen LogP contribution in [-0.2, 0) is 0 Å². The lowest BCUT2D eigenvalue weighted by Crippen LogP contribution is -2.23. The van der Waals surface area contributed by atoms with Crippen molar-refractivity contribution in [2.24, 2.45) is 5.92 Å². The summed E-state index contributed by atoms with van der Waals surface area (Å²) in [6, 6.07) is 17.0. The Hall–Kier alpha value is -3.40. The molecule has 0 unspecified atom stereocenters. The van der Waals surface area contributed by atoms with E-state index in [0.29, 0.717) is 29.3 Å². The van der Waals surface area contributed by atoms with Gasteiger partial charge >= 0.3 is 0 Å². The van der Waals surface area contributed by atoms with Crippen molar-refractivity contribution in [3.05, 3.63) is 82.4 Å². The number of anilines is 1. The van der Waals surface area contributed by atoms with E-state index >= 15 is 0 Å². The Morgan fingerprint density at radius 2 is 1.46 bits per heavy atom. The van der Waals surface area contributed by atoms with Crippen LogP contribution in [0.5, 0.6) is 5.75 Å². The van der Waals surface area contributed by atoms with E-state index in [2.05, 4.69) is 36.5 Å². The van der Waals surface area contributed by atoms with Crippen LogP contribution in [0.2, 0.25) is 0 Å². The smallest absolute Gasteiger partial charge is 0.198 e. The number of benzene rings is 3. The lowest BCUT2D eigenvalue weighted by molar-refractivity contribution is 0.0977. The molecule has 0 spiro atoms. The second kappa shape index (κ2) is 9.69. The van der Waals surface area contributed by atoms with Gasteiger partial charge in [0.25, 0.3) is 0 Å². The van der Waals surface area contributed by atoms with Crippen molar-refractivity contribution in [3.63, 3.8) is 0 Å². The molecule has 0 amide bonds. The molecule has 4 nitrogen and oxygen atoms in total. The number of rotatable bonds is 6. The number of ketones is 2. The predicted octanol–water partition coefficient (Wildman–Crippen LogP) is 7.34. The van der Waals surface area contributed by atoms with Crippen LogP contribution in [0.4, 0.5) is 5.69 Å². The van der Waals surface area contributed by atoms with Crippen LogP contribution in [0, 0.1) is 5.92 Å². The first kappa shape index (κ1) is 23.3. The predicted molar refractivity (Wildman–Crippen MR) is 141 cm³/mol. The number of carbonyl (C=O) groups is 2. The van der Waals surface area contributed by atoms with Gasteiger partial charge in [-0.1, -0.05) is 68.3 Å². The summed E-state index contributed by atoms with van der Waals surface area (Å²) < 4.78 is 0. The Balaban J connectivity index is 1.52. The van der Waals surface area contributed by atoms with E-state index in [1.807, 2.05) is 6.92 Å². The highest BCUT2D eigenvalue weighted by atomic mass is 16.3. The molecule has 1 saturated carbocycles. The first-order chi connectivity index (χ1) is 17.0. The second-order valence-corrected chi connectivity index (χ2v) is 9.93. The number of carbonyl (C=O) groups excluding carboxylic acids is 2. The molecular weight excluding hydrogens is 434 g/mol. The van der Waals surface area contributed by atoms with Gasteiger partial charge in [0, 0.05) is 23.2 Å². The fraction of sp³-hybridized carbons (Fsp3) is 0.355. The van der Waals surface area contributed by atoms with Gasteiger partial charge in [-0.3, -0.25) is 9.59 Å². The van der Waals surface area contributed by atoms with Crippen molar-refractivity contribution < 1.29 is 14.7 Å². The topological polar surface area (TPSA) is 66.4 Å². The number of phenolic OH excluding ortho intramolecular Hbond substituents is 1. The maximum atomic E-state index is 13.5. The molecule has 2 aliphatic rings. The highest BCUT2D eigenvalue weighted by Gasteiger charge is 2.35. The van der Waals surface area contributed by atoms with E-state index in [1.54, 1.807) is 30.3 Å². The molecule has 2 aliphatic carbocycles. The largest absolute Gasteiger partial charge is 0.507 e. The average molecular weight is 468 g/mol. The minimum atomic E-state index is -0.313. The van der Waals surface area contributed by atoms with Gasteiger partial charge in [-0.2, -0.15) is 0 Å². The Morgan fingerprint density at radius 1 is 0.829 bits per heavy atom. The molecule has 0 aliphatic heterocycles. The molecular formula is C31H33NO3. The van der Waals surface area contributed by atoms with Crippen molar-refractivity contribution in [3.8, 4) is 16.9 Å². The summed E-state index contributed by atoms with van der Waals surface area (Å²) in [5.74, 6) is 0.777. The van der Waals surface area contributed by atoms with E-state index in [-0.39, 0.29) is 28.4 Å². The standard InChI is InChI=1S/C31H33NO3/c1-3-7-19-10-12-20(13-11-19)21-14-16-22(17-15-21)25-18-26(33)27-28(29(25)32-4-2)31(35)24-9-6-5-8-23(24)30(27)34/h5-6,8-9,14-20,32-33H,3-4,7,10-13H2,1-2H3/t19-,20-. The molecule has 4 heteroatoms. The molecule has 3 aromatic carbocycles. The van der Waals surface area contributed by atoms with Gasteiger partial charge in [0.2, 0.25) is 0 Å². The van der Waals surface area contributed by atoms with Crippen LogP contribution in [0.3, 0.4) is 0 Å². The minimum absolute atomic E-state index is 0.0915. The van der Waals surface area contributed by atoms with Crippen LogP contribution in [0.1, 0.15) is 95.7 Å². The van der Waals surface area contributed by atoms with Gasteiger partial charge in [0.1, 0.15) is 5.75 Å². The summed E-state index contributed by atoms with van der Waals surface area (Å²) in [6.45, 7) is 4.82. The van der Waals surface area contributed by atoms with E-state index in [9.17, 15) is 14.7 Å². The fourth-order valence-electron chi connectivity index (χ4n) is 5.99. The zero-order chi connectivity index (χ0) is 24.5.